The van der Waals surface area contributed by atoms with Gasteiger partial charge in [-0.15, -0.1) is 0 Å². The minimum atomic E-state index is -3.73. The summed E-state index contributed by atoms with van der Waals surface area (Å²) in [6, 6.07) is 4.08. The highest BCUT2D eigenvalue weighted by molar-refractivity contribution is 7.91. The molecule has 0 aliphatic heterocycles. The summed E-state index contributed by atoms with van der Waals surface area (Å²) >= 11 is 0. The number of carbonyl (C=O) groups excluding carboxylic acids is 1. The van der Waals surface area contributed by atoms with Gasteiger partial charge in [0.15, 0.2) is 9.84 Å². The maximum absolute atomic E-state index is 13.6. The molecule has 1 aromatic rings. The molecule has 0 heterocycles. The summed E-state index contributed by atoms with van der Waals surface area (Å²) in [5, 5.41) is 0. The van der Waals surface area contributed by atoms with E-state index in [9.17, 15) is 17.6 Å². The number of sulfone groups is 1. The summed E-state index contributed by atoms with van der Waals surface area (Å²) in [6.07, 6.45) is 0. The van der Waals surface area contributed by atoms with Gasteiger partial charge in [0.2, 0.25) is 0 Å². The van der Waals surface area contributed by atoms with Gasteiger partial charge in [-0.3, -0.25) is 4.79 Å². The van der Waals surface area contributed by atoms with E-state index in [1.807, 2.05) is 0 Å². The fourth-order valence-corrected chi connectivity index (χ4v) is 2.65. The van der Waals surface area contributed by atoms with E-state index < -0.39 is 33.1 Å². The number of ether oxygens (including phenoxy) is 1. The average molecular weight is 275 g/mol. The standard InChI is InChI=1S/C11H14FNO4S/c1-17-11(14)7-18(15,16)6-9-3-2-8(5-13)4-10(9)12/h2-4H,5-7,13H2,1H3. The molecular formula is C11H14FNO4S. The summed E-state index contributed by atoms with van der Waals surface area (Å²) in [5.74, 6) is -2.82. The Morgan fingerprint density at radius 3 is 2.61 bits per heavy atom. The van der Waals surface area contributed by atoms with Crippen molar-refractivity contribution in [1.29, 1.82) is 0 Å². The van der Waals surface area contributed by atoms with Crippen molar-refractivity contribution in [1.82, 2.24) is 0 Å². The van der Waals surface area contributed by atoms with Gasteiger partial charge in [-0.25, -0.2) is 12.8 Å². The zero-order chi connectivity index (χ0) is 13.8. The van der Waals surface area contributed by atoms with E-state index in [0.29, 0.717) is 5.56 Å². The lowest BCUT2D eigenvalue weighted by atomic mass is 10.1. The highest BCUT2D eigenvalue weighted by atomic mass is 32.2. The average Bonchev–Trinajstić information content (AvgIpc) is 2.30. The molecule has 100 valence electrons. The molecule has 0 atom stereocenters. The smallest absolute Gasteiger partial charge is 0.320 e. The SMILES string of the molecule is COC(=O)CS(=O)(=O)Cc1ccc(CN)cc1F. The van der Waals surface area contributed by atoms with Crippen molar-refractivity contribution in [3.63, 3.8) is 0 Å². The molecule has 0 aliphatic carbocycles. The molecule has 5 nitrogen and oxygen atoms in total. The van der Waals surface area contributed by atoms with Crippen molar-refractivity contribution in [3.8, 4) is 0 Å². The molecule has 0 saturated carbocycles. The molecule has 0 saturated heterocycles. The molecule has 7 heteroatoms. The van der Waals surface area contributed by atoms with E-state index in [1.54, 1.807) is 6.07 Å². The maximum atomic E-state index is 13.6. The summed E-state index contributed by atoms with van der Waals surface area (Å²) in [7, 11) is -2.64. The van der Waals surface area contributed by atoms with Crippen LogP contribution in [0.4, 0.5) is 4.39 Å². The van der Waals surface area contributed by atoms with Crippen LogP contribution in [0.2, 0.25) is 0 Å². The number of hydrogen-bond acceptors (Lipinski definition) is 5. The molecule has 1 aromatic carbocycles. The van der Waals surface area contributed by atoms with Crippen LogP contribution in [0.3, 0.4) is 0 Å². The zero-order valence-electron chi connectivity index (χ0n) is 9.85. The molecule has 0 aromatic heterocycles. The number of rotatable bonds is 5. The maximum Gasteiger partial charge on any atom is 0.320 e. The van der Waals surface area contributed by atoms with Gasteiger partial charge in [0.05, 0.1) is 12.9 Å². The Bertz CT molecular complexity index is 542. The van der Waals surface area contributed by atoms with Gasteiger partial charge in [0.1, 0.15) is 11.6 Å². The van der Waals surface area contributed by atoms with Gasteiger partial charge >= 0.3 is 5.97 Å². The normalized spacial score (nSPS) is 11.3. The largest absolute Gasteiger partial charge is 0.468 e. The zero-order valence-corrected chi connectivity index (χ0v) is 10.7. The van der Waals surface area contributed by atoms with Crippen LogP contribution in [-0.2, 0) is 31.7 Å². The van der Waals surface area contributed by atoms with Gasteiger partial charge in [0.25, 0.3) is 0 Å². The van der Waals surface area contributed by atoms with Gasteiger partial charge in [-0.1, -0.05) is 12.1 Å². The second-order valence-electron chi connectivity index (χ2n) is 3.74. The fourth-order valence-electron chi connectivity index (χ4n) is 1.36. The van der Waals surface area contributed by atoms with E-state index in [-0.39, 0.29) is 12.1 Å². The molecule has 0 amide bonds. The van der Waals surface area contributed by atoms with E-state index in [2.05, 4.69) is 4.74 Å². The quantitative estimate of drug-likeness (QED) is 0.785. The van der Waals surface area contributed by atoms with E-state index in [4.69, 9.17) is 5.73 Å². The van der Waals surface area contributed by atoms with Crippen LogP contribution in [0.15, 0.2) is 18.2 Å². The van der Waals surface area contributed by atoms with Crippen LogP contribution in [-0.4, -0.2) is 27.2 Å². The molecule has 0 fully saturated rings. The molecule has 1 rings (SSSR count). The molecule has 0 spiro atoms. The first kappa shape index (κ1) is 14.6. The highest BCUT2D eigenvalue weighted by Gasteiger charge is 2.19. The molecule has 2 N–H and O–H groups in total. The second-order valence-corrected chi connectivity index (χ2v) is 5.80. The monoisotopic (exact) mass is 275 g/mol. The number of benzene rings is 1. The number of esters is 1. The molecule has 0 aliphatic rings. The summed E-state index contributed by atoms with van der Waals surface area (Å²) < 4.78 is 41.0. The second kappa shape index (κ2) is 5.92. The van der Waals surface area contributed by atoms with Crippen molar-refractivity contribution in [2.24, 2.45) is 5.73 Å². The van der Waals surface area contributed by atoms with Crippen molar-refractivity contribution in [2.45, 2.75) is 12.3 Å². The van der Waals surface area contributed by atoms with Gasteiger partial charge in [-0.2, -0.15) is 0 Å². The molecule has 0 radical (unpaired) electrons. The van der Waals surface area contributed by atoms with Crippen molar-refractivity contribution in [3.05, 3.63) is 35.1 Å². The first-order valence-electron chi connectivity index (χ1n) is 5.12. The van der Waals surface area contributed by atoms with Crippen LogP contribution in [0.25, 0.3) is 0 Å². The van der Waals surface area contributed by atoms with Crippen LogP contribution in [0.5, 0.6) is 0 Å². The van der Waals surface area contributed by atoms with Gasteiger partial charge in [0, 0.05) is 12.1 Å². The third-order valence-corrected chi connectivity index (χ3v) is 3.72. The van der Waals surface area contributed by atoms with E-state index in [1.165, 1.54) is 12.1 Å². The van der Waals surface area contributed by atoms with Crippen molar-refractivity contribution < 1.29 is 22.3 Å². The molecule has 18 heavy (non-hydrogen) atoms. The number of hydrogen-bond donors (Lipinski definition) is 1. The van der Waals surface area contributed by atoms with Crippen molar-refractivity contribution in [2.75, 3.05) is 12.9 Å². The molecule has 0 unspecified atom stereocenters. The van der Waals surface area contributed by atoms with Crippen LogP contribution in [0.1, 0.15) is 11.1 Å². The predicted octanol–water partition coefficient (Wildman–Crippen LogP) is 0.372. The number of methoxy groups -OCH3 is 1. The van der Waals surface area contributed by atoms with Crippen LogP contribution < -0.4 is 5.73 Å². The molecular weight excluding hydrogens is 261 g/mol. The summed E-state index contributed by atoms with van der Waals surface area (Å²) in [5.41, 5.74) is 5.92. The summed E-state index contributed by atoms with van der Waals surface area (Å²) in [6.45, 7) is 0.173. The van der Waals surface area contributed by atoms with Crippen molar-refractivity contribution >= 4 is 15.8 Å². The Morgan fingerprint density at radius 2 is 2.11 bits per heavy atom. The number of carbonyl (C=O) groups is 1. The Labute approximate surface area is 105 Å². The topological polar surface area (TPSA) is 86.5 Å². The highest BCUT2D eigenvalue weighted by Crippen LogP contribution is 2.14. The number of nitrogens with two attached hydrogens (primary N) is 1. The lowest BCUT2D eigenvalue weighted by Gasteiger charge is -2.06. The van der Waals surface area contributed by atoms with Gasteiger partial charge < -0.3 is 10.5 Å². The lowest BCUT2D eigenvalue weighted by Crippen LogP contribution is -2.19. The summed E-state index contributed by atoms with van der Waals surface area (Å²) in [4.78, 5) is 10.9. The predicted molar refractivity (Wildman–Crippen MR) is 63.8 cm³/mol. The first-order chi connectivity index (χ1) is 8.38. The number of halogens is 1. The first-order valence-corrected chi connectivity index (χ1v) is 6.94. The van der Waals surface area contributed by atoms with Crippen LogP contribution >= 0.6 is 0 Å². The fraction of sp³-hybridized carbons (Fsp3) is 0.364. The Hall–Kier alpha value is -1.47. The van der Waals surface area contributed by atoms with E-state index >= 15 is 0 Å². The Balaban J connectivity index is 2.87. The van der Waals surface area contributed by atoms with Crippen LogP contribution in [0, 0.1) is 5.82 Å². The molecule has 0 bridgehead atoms. The third-order valence-electron chi connectivity index (χ3n) is 2.29. The Kier molecular flexibility index (Phi) is 4.80. The lowest BCUT2D eigenvalue weighted by molar-refractivity contribution is -0.137. The van der Waals surface area contributed by atoms with E-state index in [0.717, 1.165) is 7.11 Å². The van der Waals surface area contributed by atoms with Gasteiger partial charge in [-0.05, 0) is 11.6 Å². The minimum absolute atomic E-state index is 0.0103. The third kappa shape index (κ3) is 4.08. The Morgan fingerprint density at radius 1 is 1.44 bits per heavy atom. The minimum Gasteiger partial charge on any atom is -0.468 e.